The van der Waals surface area contributed by atoms with Crippen molar-refractivity contribution in [2.45, 2.75) is 19.8 Å². The van der Waals surface area contributed by atoms with Gasteiger partial charge in [0.15, 0.2) is 5.82 Å². The number of anilines is 1. The van der Waals surface area contributed by atoms with Crippen molar-refractivity contribution in [1.82, 2.24) is 10.1 Å². The molecular weight excluding hydrogens is 218 g/mol. The van der Waals surface area contributed by atoms with Crippen LogP contribution >= 0.6 is 0 Å². The smallest absolute Gasteiger partial charge is 0.226 e. The minimum atomic E-state index is 0.645. The molecule has 0 saturated heterocycles. The van der Waals surface area contributed by atoms with Gasteiger partial charge in [0.2, 0.25) is 5.89 Å². The van der Waals surface area contributed by atoms with E-state index in [0.717, 1.165) is 12.0 Å². The Balaban J connectivity index is 2.02. The van der Waals surface area contributed by atoms with Gasteiger partial charge in [0, 0.05) is 6.42 Å². The minimum Gasteiger partial charge on any atom is -0.495 e. The number of hydrogen-bond donors (Lipinski definition) is 1. The van der Waals surface area contributed by atoms with Gasteiger partial charge in [-0.15, -0.1) is 0 Å². The lowest BCUT2D eigenvalue weighted by molar-refractivity contribution is 0.374. The lowest BCUT2D eigenvalue weighted by Gasteiger charge is -2.06. The number of nitrogen functional groups attached to an aromatic ring is 1. The van der Waals surface area contributed by atoms with Gasteiger partial charge in [-0.25, -0.2) is 0 Å². The molecule has 0 saturated carbocycles. The van der Waals surface area contributed by atoms with Crippen molar-refractivity contribution < 1.29 is 9.26 Å². The molecule has 1 aromatic carbocycles. The molecule has 17 heavy (non-hydrogen) atoms. The van der Waals surface area contributed by atoms with Gasteiger partial charge in [0.05, 0.1) is 12.8 Å². The van der Waals surface area contributed by atoms with E-state index in [4.69, 9.17) is 15.0 Å². The number of benzene rings is 1. The molecule has 0 aliphatic heterocycles. The third-order valence-electron chi connectivity index (χ3n) is 2.49. The second kappa shape index (κ2) is 4.86. The van der Waals surface area contributed by atoms with Crippen LogP contribution in [0.25, 0.3) is 0 Å². The summed E-state index contributed by atoms with van der Waals surface area (Å²) in [6, 6.07) is 5.75. The van der Waals surface area contributed by atoms with Gasteiger partial charge >= 0.3 is 0 Å². The van der Waals surface area contributed by atoms with Crippen LogP contribution in [-0.4, -0.2) is 17.3 Å². The summed E-state index contributed by atoms with van der Waals surface area (Å²) in [5.74, 6) is 2.01. The number of nitrogens with zero attached hydrogens (tertiary/aromatic N) is 2. The average Bonchev–Trinajstić information content (AvgIpc) is 2.73. The van der Waals surface area contributed by atoms with Crippen LogP contribution in [0.15, 0.2) is 22.7 Å². The van der Waals surface area contributed by atoms with Gasteiger partial charge in [-0.2, -0.15) is 4.98 Å². The Morgan fingerprint density at radius 3 is 2.76 bits per heavy atom. The monoisotopic (exact) mass is 233 g/mol. The molecule has 0 fully saturated rings. The summed E-state index contributed by atoms with van der Waals surface area (Å²) in [6.45, 7) is 1.80. The summed E-state index contributed by atoms with van der Waals surface area (Å²) in [6.07, 6.45) is 1.53. The maximum absolute atomic E-state index is 5.83. The molecule has 0 spiro atoms. The average molecular weight is 233 g/mol. The van der Waals surface area contributed by atoms with Crippen LogP contribution in [0, 0.1) is 6.92 Å². The zero-order valence-electron chi connectivity index (χ0n) is 9.93. The van der Waals surface area contributed by atoms with Crippen LogP contribution in [0.2, 0.25) is 0 Å². The van der Waals surface area contributed by atoms with Crippen LogP contribution in [0.4, 0.5) is 5.69 Å². The fourth-order valence-corrected chi connectivity index (χ4v) is 1.63. The third kappa shape index (κ3) is 2.75. The molecule has 0 aliphatic carbocycles. The molecule has 0 unspecified atom stereocenters. The van der Waals surface area contributed by atoms with E-state index in [-0.39, 0.29) is 0 Å². The van der Waals surface area contributed by atoms with E-state index in [1.807, 2.05) is 18.2 Å². The summed E-state index contributed by atoms with van der Waals surface area (Å²) in [4.78, 5) is 4.15. The predicted molar refractivity (Wildman–Crippen MR) is 63.8 cm³/mol. The number of nitrogens with two attached hydrogens (primary N) is 1. The molecular formula is C12H15N3O2. The maximum Gasteiger partial charge on any atom is 0.226 e. The minimum absolute atomic E-state index is 0.645. The van der Waals surface area contributed by atoms with Crippen molar-refractivity contribution in [3.05, 3.63) is 35.5 Å². The molecule has 2 aromatic rings. The SMILES string of the molecule is COc1ccc(CCc2nc(C)no2)cc1N. The van der Waals surface area contributed by atoms with E-state index in [2.05, 4.69) is 10.1 Å². The molecule has 1 heterocycles. The van der Waals surface area contributed by atoms with Crippen LogP contribution in [0.3, 0.4) is 0 Å². The normalized spacial score (nSPS) is 10.5. The highest BCUT2D eigenvalue weighted by Crippen LogP contribution is 2.22. The Morgan fingerprint density at radius 1 is 1.35 bits per heavy atom. The van der Waals surface area contributed by atoms with Crippen LogP contribution in [0.5, 0.6) is 5.75 Å². The molecule has 0 atom stereocenters. The first-order valence-corrected chi connectivity index (χ1v) is 5.40. The summed E-state index contributed by atoms with van der Waals surface area (Å²) in [5, 5.41) is 3.74. The van der Waals surface area contributed by atoms with Crippen molar-refractivity contribution in [2.24, 2.45) is 0 Å². The van der Waals surface area contributed by atoms with Gasteiger partial charge in [0.1, 0.15) is 5.75 Å². The zero-order chi connectivity index (χ0) is 12.3. The Bertz CT molecular complexity index is 508. The number of methoxy groups -OCH3 is 1. The first kappa shape index (κ1) is 11.4. The summed E-state index contributed by atoms with van der Waals surface area (Å²) >= 11 is 0. The molecule has 5 heteroatoms. The Kier molecular flexibility index (Phi) is 3.27. The molecule has 0 radical (unpaired) electrons. The van der Waals surface area contributed by atoms with E-state index in [0.29, 0.717) is 29.6 Å². The summed E-state index contributed by atoms with van der Waals surface area (Å²) < 4.78 is 10.1. The number of hydrogen-bond acceptors (Lipinski definition) is 5. The first-order valence-electron chi connectivity index (χ1n) is 5.40. The molecule has 0 aliphatic rings. The Hall–Kier alpha value is -2.04. The fourth-order valence-electron chi connectivity index (χ4n) is 1.63. The van der Waals surface area contributed by atoms with Gasteiger partial charge < -0.3 is 15.0 Å². The number of rotatable bonds is 4. The van der Waals surface area contributed by atoms with Crippen molar-refractivity contribution in [3.8, 4) is 5.75 Å². The number of aromatic nitrogens is 2. The van der Waals surface area contributed by atoms with Crippen molar-refractivity contribution in [3.63, 3.8) is 0 Å². The molecule has 5 nitrogen and oxygen atoms in total. The second-order valence-corrected chi connectivity index (χ2v) is 3.81. The largest absolute Gasteiger partial charge is 0.495 e. The highest BCUT2D eigenvalue weighted by molar-refractivity contribution is 5.54. The molecule has 90 valence electrons. The highest BCUT2D eigenvalue weighted by Gasteiger charge is 2.05. The third-order valence-corrected chi connectivity index (χ3v) is 2.49. The van der Waals surface area contributed by atoms with Crippen LogP contribution in [-0.2, 0) is 12.8 Å². The van der Waals surface area contributed by atoms with Crippen molar-refractivity contribution in [1.29, 1.82) is 0 Å². The van der Waals surface area contributed by atoms with Crippen LogP contribution in [0.1, 0.15) is 17.3 Å². The van der Waals surface area contributed by atoms with Gasteiger partial charge in [-0.05, 0) is 31.0 Å². The van der Waals surface area contributed by atoms with Gasteiger partial charge in [0.25, 0.3) is 0 Å². The van der Waals surface area contributed by atoms with Crippen molar-refractivity contribution in [2.75, 3.05) is 12.8 Å². The first-order chi connectivity index (χ1) is 8.19. The second-order valence-electron chi connectivity index (χ2n) is 3.81. The highest BCUT2D eigenvalue weighted by atomic mass is 16.5. The Labute approximate surface area is 99.6 Å². The maximum atomic E-state index is 5.83. The van der Waals surface area contributed by atoms with E-state index < -0.39 is 0 Å². The molecule has 0 bridgehead atoms. The summed E-state index contributed by atoms with van der Waals surface area (Å²) in [7, 11) is 1.60. The molecule has 0 amide bonds. The molecule has 2 N–H and O–H groups in total. The zero-order valence-corrected chi connectivity index (χ0v) is 9.93. The van der Waals surface area contributed by atoms with Gasteiger partial charge in [-0.1, -0.05) is 11.2 Å². The van der Waals surface area contributed by atoms with E-state index in [1.165, 1.54) is 0 Å². The topological polar surface area (TPSA) is 74.2 Å². The van der Waals surface area contributed by atoms with E-state index in [1.54, 1.807) is 14.0 Å². The number of aryl methyl sites for hydroxylation is 3. The lowest BCUT2D eigenvalue weighted by atomic mass is 10.1. The predicted octanol–water partition coefficient (Wildman–Crippen LogP) is 1.75. The molecule has 1 aromatic heterocycles. The standard InChI is InChI=1S/C12H15N3O2/c1-8-14-12(17-15-8)6-4-9-3-5-11(16-2)10(13)7-9/h3,5,7H,4,6,13H2,1-2H3. The van der Waals surface area contributed by atoms with Crippen LogP contribution < -0.4 is 10.5 Å². The number of ether oxygens (including phenoxy) is 1. The molecule has 2 rings (SSSR count). The lowest BCUT2D eigenvalue weighted by Crippen LogP contribution is -1.96. The Morgan fingerprint density at radius 2 is 2.18 bits per heavy atom. The fraction of sp³-hybridized carbons (Fsp3) is 0.333. The van der Waals surface area contributed by atoms with E-state index >= 15 is 0 Å². The summed E-state index contributed by atoms with van der Waals surface area (Å²) in [5.41, 5.74) is 7.60. The van der Waals surface area contributed by atoms with Crippen molar-refractivity contribution >= 4 is 5.69 Å². The van der Waals surface area contributed by atoms with E-state index in [9.17, 15) is 0 Å². The quantitative estimate of drug-likeness (QED) is 0.814. The van der Waals surface area contributed by atoms with Gasteiger partial charge in [-0.3, -0.25) is 0 Å².